The molecular weight excluding hydrogens is 510 g/mol. The van der Waals surface area contributed by atoms with Gasteiger partial charge >= 0.3 is 5.97 Å². The van der Waals surface area contributed by atoms with Crippen LogP contribution in [0.2, 0.25) is 0 Å². The lowest BCUT2D eigenvalue weighted by molar-refractivity contribution is -1.07. The maximum Gasteiger partial charge on any atom is 0.303 e. The van der Waals surface area contributed by atoms with Crippen molar-refractivity contribution in [2.75, 3.05) is 13.3 Å². The molecule has 8 nitrogen and oxygen atoms in total. The predicted octanol–water partition coefficient (Wildman–Crippen LogP) is 4.20. The van der Waals surface area contributed by atoms with Gasteiger partial charge in [0.05, 0.1) is 11.5 Å². The van der Waals surface area contributed by atoms with Gasteiger partial charge in [-0.1, -0.05) is 73.7 Å². The number of carbonyl (C=O) groups is 1. The van der Waals surface area contributed by atoms with Crippen molar-refractivity contribution in [1.29, 1.82) is 0 Å². The fraction of sp³-hybridized carbons (Fsp3) is 0.406. The number of ether oxygens (including phenoxy) is 4. The van der Waals surface area contributed by atoms with E-state index in [4.69, 9.17) is 23.8 Å². The number of hydrogen-bond donors (Lipinski definition) is 1. The zero-order chi connectivity index (χ0) is 27.7. The van der Waals surface area contributed by atoms with E-state index in [1.165, 1.54) is 6.92 Å². The van der Waals surface area contributed by atoms with Gasteiger partial charge in [0.1, 0.15) is 6.54 Å². The van der Waals surface area contributed by atoms with Crippen LogP contribution in [0.1, 0.15) is 56.2 Å². The summed E-state index contributed by atoms with van der Waals surface area (Å²) in [5.41, 5.74) is 1.80. The molecule has 1 saturated heterocycles. The maximum atomic E-state index is 13.3. The predicted molar refractivity (Wildman–Crippen MR) is 147 cm³/mol. The summed E-state index contributed by atoms with van der Waals surface area (Å²) in [6.07, 6.45) is 0.876. The quantitative estimate of drug-likeness (QED) is 0.352. The molecule has 6 rings (SSSR count). The van der Waals surface area contributed by atoms with Crippen LogP contribution in [0.3, 0.4) is 0 Å². The van der Waals surface area contributed by atoms with Gasteiger partial charge in [0.15, 0.2) is 17.6 Å². The number of rotatable bonds is 7. The molecule has 3 aromatic rings. The molecule has 8 heteroatoms. The van der Waals surface area contributed by atoms with Gasteiger partial charge in [-0.3, -0.25) is 4.79 Å². The average molecular weight is 546 g/mol. The Kier molecular flexibility index (Phi) is 7.27. The fourth-order valence-corrected chi connectivity index (χ4v) is 6.92. The molecule has 1 aliphatic carbocycles. The lowest BCUT2D eigenvalue weighted by atomic mass is 9.70. The summed E-state index contributed by atoms with van der Waals surface area (Å²) in [6.45, 7) is 3.56. The van der Waals surface area contributed by atoms with E-state index in [-0.39, 0.29) is 19.4 Å². The van der Waals surface area contributed by atoms with Crippen molar-refractivity contribution in [2.45, 2.75) is 68.9 Å². The maximum absolute atomic E-state index is 13.3. The van der Waals surface area contributed by atoms with Gasteiger partial charge in [-0.15, -0.1) is 0 Å². The molecule has 3 aliphatic rings. The highest BCUT2D eigenvalue weighted by atomic mass is 16.9. The fourth-order valence-electron chi connectivity index (χ4n) is 6.92. The van der Waals surface area contributed by atoms with Crippen molar-refractivity contribution in [2.24, 2.45) is 0 Å². The molecule has 210 valence electrons. The summed E-state index contributed by atoms with van der Waals surface area (Å²) in [7, 11) is 0. The minimum absolute atomic E-state index is 0.0497. The average Bonchev–Trinajstić information content (AvgIpc) is 3.62. The van der Waals surface area contributed by atoms with Crippen molar-refractivity contribution in [3.8, 4) is 11.5 Å². The Balaban J connectivity index is 1.42. The van der Waals surface area contributed by atoms with Crippen molar-refractivity contribution in [3.05, 3.63) is 101 Å². The second kappa shape index (κ2) is 10.9. The Labute approximate surface area is 234 Å². The van der Waals surface area contributed by atoms with Crippen LogP contribution in [0.5, 0.6) is 11.5 Å². The number of quaternary nitrogens is 1. The monoisotopic (exact) mass is 545 g/mol. The molecule has 2 aliphatic heterocycles. The number of carbonyl (C=O) groups excluding carboxylic acids is 1. The number of hydrogen-bond acceptors (Lipinski definition) is 7. The van der Waals surface area contributed by atoms with Gasteiger partial charge < -0.3 is 24.2 Å². The third-order valence-electron chi connectivity index (χ3n) is 8.83. The number of esters is 1. The number of nitrogens with one attached hydrogen (secondary N) is 1. The van der Waals surface area contributed by atoms with E-state index in [1.807, 2.05) is 61.5 Å². The lowest BCUT2D eigenvalue weighted by Gasteiger charge is -2.49. The van der Waals surface area contributed by atoms with E-state index < -0.39 is 34.4 Å². The van der Waals surface area contributed by atoms with Crippen LogP contribution in [0.15, 0.2) is 78.9 Å². The van der Waals surface area contributed by atoms with E-state index in [0.717, 1.165) is 36.0 Å². The van der Waals surface area contributed by atoms with Gasteiger partial charge in [0, 0.05) is 12.3 Å². The summed E-state index contributed by atoms with van der Waals surface area (Å²) >= 11 is 0. The Morgan fingerprint density at radius 2 is 1.65 bits per heavy atom. The summed E-state index contributed by atoms with van der Waals surface area (Å²) in [6, 6.07) is 26.3. The van der Waals surface area contributed by atoms with E-state index in [0.29, 0.717) is 17.9 Å². The normalized spacial score (nSPS) is 28.8. The van der Waals surface area contributed by atoms with Crippen molar-refractivity contribution >= 4 is 5.97 Å². The second-order valence-electron chi connectivity index (χ2n) is 10.9. The molecule has 0 radical (unpaired) electrons. The molecule has 40 heavy (non-hydrogen) atoms. The van der Waals surface area contributed by atoms with Gasteiger partial charge in [-0.25, -0.2) is 5.23 Å². The first-order valence-corrected chi connectivity index (χ1v) is 14.0. The molecular formula is C32H35NO7. The Bertz CT molecular complexity index is 1290. The largest absolute Gasteiger partial charge is 0.600 e. The van der Waals surface area contributed by atoms with Crippen molar-refractivity contribution in [1.82, 2.24) is 0 Å². The molecule has 0 bridgehead atoms. The third-order valence-corrected chi connectivity index (χ3v) is 8.83. The number of benzene rings is 3. The van der Waals surface area contributed by atoms with Crippen LogP contribution < -0.4 is 14.7 Å². The SMILES string of the molecule is CCC1(c2ccc3c(c2)OCO3)C[NH+]([O-])OC(OC2CCCC2(c2ccccc2)c2ccccc2)C1OC(C)=O. The van der Waals surface area contributed by atoms with E-state index in [1.54, 1.807) is 0 Å². The highest BCUT2D eigenvalue weighted by Crippen LogP contribution is 2.50. The Morgan fingerprint density at radius 3 is 2.30 bits per heavy atom. The molecule has 2 fully saturated rings. The van der Waals surface area contributed by atoms with Gasteiger partial charge in [-0.2, -0.15) is 4.84 Å². The van der Waals surface area contributed by atoms with Crippen LogP contribution in [0, 0.1) is 5.21 Å². The minimum atomic E-state index is -1.08. The number of hydroxylamine groups is 2. The Hall–Kier alpha value is -3.43. The minimum Gasteiger partial charge on any atom is -0.600 e. The molecule has 1 N–H and O–H groups in total. The second-order valence-corrected chi connectivity index (χ2v) is 10.9. The van der Waals surface area contributed by atoms with E-state index in [9.17, 15) is 10.0 Å². The molecule has 2 heterocycles. The lowest BCUT2D eigenvalue weighted by Crippen LogP contribution is -3.11. The van der Waals surface area contributed by atoms with Crippen molar-refractivity contribution in [3.63, 3.8) is 0 Å². The van der Waals surface area contributed by atoms with Gasteiger partial charge in [0.25, 0.3) is 6.29 Å². The van der Waals surface area contributed by atoms with Crippen LogP contribution in [-0.4, -0.2) is 37.8 Å². The Morgan fingerprint density at radius 1 is 0.975 bits per heavy atom. The first kappa shape index (κ1) is 26.8. The highest BCUT2D eigenvalue weighted by molar-refractivity contribution is 5.66. The van der Waals surface area contributed by atoms with Crippen LogP contribution in [0.4, 0.5) is 0 Å². The standard InChI is InChI=1S/C32H35NO7/c1-3-31(25-16-17-26-27(19-25)37-21-36-26)20-33(35)40-30(29(31)38-22(2)34)39-28-15-10-18-32(28,23-11-6-4-7-12-23)24-13-8-5-9-14-24/h4-9,11-14,16-17,19,28-30,33H,3,10,15,18,20-21H2,1-2H3. The summed E-state index contributed by atoms with van der Waals surface area (Å²) in [5.74, 6) is 0.789. The molecule has 0 spiro atoms. The summed E-state index contributed by atoms with van der Waals surface area (Å²) in [4.78, 5) is 18.4. The third kappa shape index (κ3) is 4.55. The molecule has 1 saturated carbocycles. The zero-order valence-corrected chi connectivity index (χ0v) is 22.8. The first-order chi connectivity index (χ1) is 19.5. The topological polar surface area (TPSA) is 90.7 Å². The highest BCUT2D eigenvalue weighted by Gasteiger charge is 2.57. The number of fused-ring (bicyclic) bond motifs is 1. The molecule has 0 aromatic heterocycles. The van der Waals surface area contributed by atoms with E-state index in [2.05, 4.69) is 24.3 Å². The van der Waals surface area contributed by atoms with E-state index >= 15 is 0 Å². The molecule has 0 amide bonds. The molecule has 5 unspecified atom stereocenters. The smallest absolute Gasteiger partial charge is 0.303 e. The van der Waals surface area contributed by atoms with Gasteiger partial charge in [0.2, 0.25) is 6.79 Å². The first-order valence-electron chi connectivity index (χ1n) is 14.0. The summed E-state index contributed by atoms with van der Waals surface area (Å²) in [5, 5.41) is 12.9. The van der Waals surface area contributed by atoms with Crippen molar-refractivity contribution < 1.29 is 33.8 Å². The molecule has 3 aromatic carbocycles. The summed E-state index contributed by atoms with van der Waals surface area (Å²) < 4.78 is 24.0. The van der Waals surface area contributed by atoms with Gasteiger partial charge in [-0.05, 0) is 54.5 Å². The molecule has 5 atom stereocenters. The van der Waals surface area contributed by atoms with Crippen LogP contribution in [-0.2, 0) is 29.9 Å². The van der Waals surface area contributed by atoms with Crippen LogP contribution in [0.25, 0.3) is 0 Å². The van der Waals surface area contributed by atoms with Crippen LogP contribution >= 0.6 is 0 Å². The zero-order valence-electron chi connectivity index (χ0n) is 22.8.